The molecule has 0 aromatic heterocycles. The van der Waals surface area contributed by atoms with Crippen LogP contribution in [-0.4, -0.2) is 7.11 Å². The Kier molecular flexibility index (Phi) is 2.99. The van der Waals surface area contributed by atoms with E-state index < -0.39 is 0 Å². The molecule has 0 saturated heterocycles. The Hall–Kier alpha value is -1.87. The first-order valence-corrected chi connectivity index (χ1v) is 6.38. The standard InChI is InChI=1S/C16H16FNO/c1-19-14-8-4-7-12(15(14)17)16(18)13-9-10-5-2-3-6-11(10)13/h2-8,13,16H,9,18H2,1H3. The highest BCUT2D eigenvalue weighted by Crippen LogP contribution is 2.43. The van der Waals surface area contributed by atoms with E-state index in [0.29, 0.717) is 5.56 Å². The van der Waals surface area contributed by atoms with Gasteiger partial charge in [-0.3, -0.25) is 0 Å². The van der Waals surface area contributed by atoms with E-state index >= 15 is 0 Å². The largest absolute Gasteiger partial charge is 0.494 e. The zero-order valence-corrected chi connectivity index (χ0v) is 10.8. The van der Waals surface area contributed by atoms with E-state index in [-0.39, 0.29) is 23.5 Å². The third-order valence-corrected chi connectivity index (χ3v) is 3.90. The monoisotopic (exact) mass is 257 g/mol. The lowest BCUT2D eigenvalue weighted by molar-refractivity contribution is 0.378. The van der Waals surface area contributed by atoms with Gasteiger partial charge in [-0.1, -0.05) is 36.4 Å². The number of rotatable bonds is 3. The maximum atomic E-state index is 14.2. The highest BCUT2D eigenvalue weighted by atomic mass is 19.1. The molecule has 2 aromatic carbocycles. The molecule has 3 heteroatoms. The van der Waals surface area contributed by atoms with Crippen molar-refractivity contribution < 1.29 is 9.13 Å². The minimum absolute atomic E-state index is 0.192. The van der Waals surface area contributed by atoms with Crippen LogP contribution in [0, 0.1) is 5.82 Å². The Morgan fingerprint density at radius 2 is 2.00 bits per heavy atom. The van der Waals surface area contributed by atoms with Crippen molar-refractivity contribution in [1.82, 2.24) is 0 Å². The summed E-state index contributed by atoms with van der Waals surface area (Å²) in [6, 6.07) is 13.0. The van der Waals surface area contributed by atoms with Gasteiger partial charge in [0.25, 0.3) is 0 Å². The average Bonchev–Trinajstić information content (AvgIpc) is 2.40. The summed E-state index contributed by atoms with van der Waals surface area (Å²) < 4.78 is 19.2. The fourth-order valence-corrected chi connectivity index (χ4v) is 2.78. The fraction of sp³-hybridized carbons (Fsp3) is 0.250. The van der Waals surface area contributed by atoms with Crippen molar-refractivity contribution in [3.63, 3.8) is 0 Å². The molecule has 3 rings (SSSR count). The summed E-state index contributed by atoms with van der Waals surface area (Å²) >= 11 is 0. The molecule has 1 aliphatic rings. The molecule has 2 nitrogen and oxygen atoms in total. The molecule has 0 radical (unpaired) electrons. The number of fused-ring (bicyclic) bond motifs is 1. The summed E-state index contributed by atoms with van der Waals surface area (Å²) in [4.78, 5) is 0. The molecule has 0 heterocycles. The summed E-state index contributed by atoms with van der Waals surface area (Å²) in [5, 5.41) is 0. The second-order valence-electron chi connectivity index (χ2n) is 4.90. The topological polar surface area (TPSA) is 35.2 Å². The Morgan fingerprint density at radius 3 is 2.74 bits per heavy atom. The average molecular weight is 257 g/mol. The second kappa shape index (κ2) is 4.67. The van der Waals surface area contributed by atoms with Gasteiger partial charge in [-0.05, 0) is 23.6 Å². The van der Waals surface area contributed by atoms with Crippen LogP contribution in [0.25, 0.3) is 0 Å². The van der Waals surface area contributed by atoms with E-state index in [2.05, 4.69) is 12.1 Å². The molecule has 1 aliphatic carbocycles. The van der Waals surface area contributed by atoms with Crippen molar-refractivity contribution in [2.24, 2.45) is 5.73 Å². The molecule has 0 amide bonds. The first-order valence-electron chi connectivity index (χ1n) is 6.38. The van der Waals surface area contributed by atoms with Crippen LogP contribution in [0.15, 0.2) is 42.5 Å². The molecule has 19 heavy (non-hydrogen) atoms. The van der Waals surface area contributed by atoms with Crippen molar-refractivity contribution in [2.75, 3.05) is 7.11 Å². The van der Waals surface area contributed by atoms with Gasteiger partial charge >= 0.3 is 0 Å². The molecule has 0 saturated carbocycles. The number of nitrogens with two attached hydrogens (primary N) is 1. The Labute approximate surface area is 112 Å². The van der Waals surface area contributed by atoms with E-state index in [1.807, 2.05) is 12.1 Å². The van der Waals surface area contributed by atoms with Crippen LogP contribution in [0.2, 0.25) is 0 Å². The minimum Gasteiger partial charge on any atom is -0.494 e. The molecule has 0 aliphatic heterocycles. The van der Waals surface area contributed by atoms with Gasteiger partial charge in [0.2, 0.25) is 0 Å². The number of methoxy groups -OCH3 is 1. The summed E-state index contributed by atoms with van der Waals surface area (Å²) in [6.07, 6.45) is 0.911. The van der Waals surface area contributed by atoms with Gasteiger partial charge in [-0.2, -0.15) is 0 Å². The van der Waals surface area contributed by atoms with Crippen LogP contribution >= 0.6 is 0 Å². The number of benzene rings is 2. The van der Waals surface area contributed by atoms with Gasteiger partial charge in [-0.15, -0.1) is 0 Å². The molecule has 2 N–H and O–H groups in total. The van der Waals surface area contributed by atoms with Crippen molar-refractivity contribution in [3.05, 3.63) is 65.0 Å². The fourth-order valence-electron chi connectivity index (χ4n) is 2.78. The predicted molar refractivity (Wildman–Crippen MR) is 72.8 cm³/mol. The SMILES string of the molecule is COc1cccc(C(N)C2Cc3ccccc32)c1F. The highest BCUT2D eigenvalue weighted by molar-refractivity contribution is 5.44. The van der Waals surface area contributed by atoms with Crippen LogP contribution in [0.5, 0.6) is 5.75 Å². The van der Waals surface area contributed by atoms with Crippen molar-refractivity contribution >= 4 is 0 Å². The van der Waals surface area contributed by atoms with E-state index in [0.717, 1.165) is 6.42 Å². The molecular formula is C16H16FNO. The highest BCUT2D eigenvalue weighted by Gasteiger charge is 2.33. The van der Waals surface area contributed by atoms with Crippen LogP contribution in [-0.2, 0) is 6.42 Å². The predicted octanol–water partition coefficient (Wildman–Crippen LogP) is 3.17. The lowest BCUT2D eigenvalue weighted by atomic mass is 9.72. The molecular weight excluding hydrogens is 241 g/mol. The maximum absolute atomic E-state index is 14.2. The Bertz CT molecular complexity index is 611. The van der Waals surface area contributed by atoms with Crippen molar-refractivity contribution in [1.29, 1.82) is 0 Å². The number of ether oxygens (including phenoxy) is 1. The van der Waals surface area contributed by atoms with Gasteiger partial charge < -0.3 is 10.5 Å². The molecule has 0 spiro atoms. The van der Waals surface area contributed by atoms with Crippen LogP contribution in [0.4, 0.5) is 4.39 Å². The first-order chi connectivity index (χ1) is 9.22. The molecule has 0 bridgehead atoms. The third kappa shape index (κ3) is 1.90. The van der Waals surface area contributed by atoms with Gasteiger partial charge in [-0.25, -0.2) is 4.39 Å². The van der Waals surface area contributed by atoms with E-state index in [9.17, 15) is 4.39 Å². The van der Waals surface area contributed by atoms with Crippen molar-refractivity contribution in [2.45, 2.75) is 18.4 Å². The summed E-state index contributed by atoms with van der Waals surface area (Å²) in [6.45, 7) is 0. The van der Waals surface area contributed by atoms with Gasteiger partial charge in [0.1, 0.15) is 0 Å². The third-order valence-electron chi connectivity index (χ3n) is 3.90. The summed E-state index contributed by atoms with van der Waals surface area (Å²) in [5.41, 5.74) is 9.32. The smallest absolute Gasteiger partial charge is 0.169 e. The maximum Gasteiger partial charge on any atom is 0.169 e. The summed E-state index contributed by atoms with van der Waals surface area (Å²) in [7, 11) is 1.46. The molecule has 98 valence electrons. The van der Waals surface area contributed by atoms with E-state index in [4.69, 9.17) is 10.5 Å². The molecule has 0 fully saturated rings. The van der Waals surface area contributed by atoms with Crippen LogP contribution < -0.4 is 10.5 Å². The normalized spacial score (nSPS) is 18.4. The first kappa shape index (κ1) is 12.2. The van der Waals surface area contributed by atoms with Crippen LogP contribution in [0.3, 0.4) is 0 Å². The number of hydrogen-bond acceptors (Lipinski definition) is 2. The van der Waals surface area contributed by atoms with E-state index in [1.54, 1.807) is 18.2 Å². The van der Waals surface area contributed by atoms with Gasteiger partial charge in [0, 0.05) is 17.5 Å². The lowest BCUT2D eigenvalue weighted by Crippen LogP contribution is -2.29. The quantitative estimate of drug-likeness (QED) is 0.916. The Morgan fingerprint density at radius 1 is 1.21 bits per heavy atom. The van der Waals surface area contributed by atoms with Crippen LogP contribution in [0.1, 0.15) is 28.7 Å². The van der Waals surface area contributed by atoms with Gasteiger partial charge in [0.15, 0.2) is 11.6 Å². The molecule has 2 aromatic rings. The lowest BCUT2D eigenvalue weighted by Gasteiger charge is -2.35. The molecule has 2 unspecified atom stereocenters. The zero-order chi connectivity index (χ0) is 13.4. The molecule has 2 atom stereocenters. The summed E-state index contributed by atoms with van der Waals surface area (Å²) in [5.74, 6) is 0.0974. The van der Waals surface area contributed by atoms with Crippen molar-refractivity contribution in [3.8, 4) is 5.75 Å². The van der Waals surface area contributed by atoms with Gasteiger partial charge in [0.05, 0.1) is 7.11 Å². The zero-order valence-electron chi connectivity index (χ0n) is 10.8. The van der Waals surface area contributed by atoms with E-state index in [1.165, 1.54) is 18.2 Å². The number of halogens is 1. The minimum atomic E-state index is -0.345. The number of hydrogen-bond donors (Lipinski definition) is 1. The Balaban J connectivity index is 1.92. The second-order valence-corrected chi connectivity index (χ2v) is 4.90.